The highest BCUT2D eigenvalue weighted by atomic mass is 35.5. The maximum Gasteiger partial charge on any atom is 0.431 e. The van der Waals surface area contributed by atoms with Crippen LogP contribution in [0.4, 0.5) is 23.2 Å². The van der Waals surface area contributed by atoms with Crippen LogP contribution in [0.3, 0.4) is 0 Å². The molecule has 0 bridgehead atoms. The molecule has 0 spiro atoms. The molecule has 0 saturated carbocycles. The first kappa shape index (κ1) is 27.1. The monoisotopic (exact) mass is 530 g/mol. The lowest BCUT2D eigenvalue weighted by molar-refractivity contribution is -0.143. The van der Waals surface area contributed by atoms with Gasteiger partial charge < -0.3 is 4.57 Å². The molecule has 0 aliphatic rings. The molecule has 6 nitrogen and oxygen atoms in total. The lowest BCUT2D eigenvalue weighted by atomic mass is 9.95. The van der Waals surface area contributed by atoms with E-state index >= 15 is 0 Å². The number of benzene rings is 1. The molecule has 0 N–H and O–H groups in total. The molecule has 1 heterocycles. The van der Waals surface area contributed by atoms with Crippen LogP contribution in [-0.4, -0.2) is 24.6 Å². The summed E-state index contributed by atoms with van der Waals surface area (Å²) in [5, 5.41) is -1.18. The normalized spacial score (nSPS) is 12.7. The van der Waals surface area contributed by atoms with E-state index in [0.717, 1.165) is 13.1 Å². The van der Waals surface area contributed by atoms with Gasteiger partial charge in [0.25, 0.3) is 5.56 Å². The van der Waals surface area contributed by atoms with Crippen molar-refractivity contribution in [3.8, 4) is 11.1 Å². The number of anilines is 1. The Balaban J connectivity index is 2.94. The average molecular weight is 531 g/mol. The Hall–Kier alpha value is -2.11. The lowest BCUT2D eigenvalue weighted by Gasteiger charge is -2.29. The molecule has 1 aromatic heterocycles. The largest absolute Gasteiger partial charge is 0.431 e. The van der Waals surface area contributed by atoms with Crippen LogP contribution >= 0.6 is 23.2 Å². The molecule has 0 radical (unpaired) electrons. The molecule has 13 heteroatoms. The standard InChI is InChI=1S/C20H20Cl2F4N2O4S/c1-6-33(31,32)28(18(30)19(2,3)4)14-7-10(13(23)8-11(14)21)16-12(22)9-15(20(24,25)26)27(5)17(16)29/h7-9H,6H2,1-5H3. The average Bonchev–Trinajstić information content (AvgIpc) is 2.66. The van der Waals surface area contributed by atoms with E-state index in [1.807, 2.05) is 0 Å². The van der Waals surface area contributed by atoms with Crippen LogP contribution in [-0.2, 0) is 28.0 Å². The van der Waals surface area contributed by atoms with E-state index < -0.39 is 77.2 Å². The molecular weight excluding hydrogens is 511 g/mol. The van der Waals surface area contributed by atoms with Crippen molar-refractivity contribution >= 4 is 44.8 Å². The Morgan fingerprint density at radius 1 is 1.09 bits per heavy atom. The zero-order chi connectivity index (χ0) is 25.7. The van der Waals surface area contributed by atoms with Gasteiger partial charge >= 0.3 is 6.18 Å². The fourth-order valence-corrected chi connectivity index (χ4v) is 4.69. The summed E-state index contributed by atoms with van der Waals surface area (Å²) in [6, 6.07) is 1.92. The number of aromatic nitrogens is 1. The number of hydrogen-bond donors (Lipinski definition) is 0. The summed E-state index contributed by atoms with van der Waals surface area (Å²) >= 11 is 12.0. The Morgan fingerprint density at radius 2 is 1.64 bits per heavy atom. The Bertz CT molecular complexity index is 1280. The van der Waals surface area contributed by atoms with E-state index in [1.165, 1.54) is 27.7 Å². The molecule has 0 saturated heterocycles. The van der Waals surface area contributed by atoms with Crippen molar-refractivity contribution in [1.82, 2.24) is 4.57 Å². The number of carbonyl (C=O) groups is 1. The molecule has 1 aromatic carbocycles. The minimum absolute atomic E-state index is 0.246. The molecule has 182 valence electrons. The first-order valence-corrected chi connectivity index (χ1v) is 11.7. The Labute approximate surface area is 197 Å². The summed E-state index contributed by atoms with van der Waals surface area (Å²) in [6.45, 7) is 5.64. The van der Waals surface area contributed by atoms with E-state index in [4.69, 9.17) is 23.2 Å². The third kappa shape index (κ3) is 5.20. The molecule has 0 fully saturated rings. The van der Waals surface area contributed by atoms with Crippen molar-refractivity contribution in [2.45, 2.75) is 33.9 Å². The summed E-state index contributed by atoms with van der Waals surface area (Å²) in [4.78, 5) is 25.7. The molecule has 1 amide bonds. The van der Waals surface area contributed by atoms with E-state index in [2.05, 4.69) is 0 Å². The van der Waals surface area contributed by atoms with Gasteiger partial charge in [0.05, 0.1) is 27.0 Å². The smallest absolute Gasteiger partial charge is 0.307 e. The predicted octanol–water partition coefficient (Wildman–Crippen LogP) is 5.25. The number of alkyl halides is 3. The number of hydrogen-bond acceptors (Lipinski definition) is 4. The minimum atomic E-state index is -4.91. The number of amides is 1. The fourth-order valence-electron chi connectivity index (χ4n) is 2.89. The van der Waals surface area contributed by atoms with Gasteiger partial charge in [0.1, 0.15) is 11.5 Å². The van der Waals surface area contributed by atoms with Gasteiger partial charge in [0, 0.05) is 18.0 Å². The van der Waals surface area contributed by atoms with Gasteiger partial charge in [-0.1, -0.05) is 44.0 Å². The molecule has 0 atom stereocenters. The number of nitrogens with zero attached hydrogens (tertiary/aromatic N) is 2. The lowest BCUT2D eigenvalue weighted by Crippen LogP contribution is -2.44. The van der Waals surface area contributed by atoms with Crippen molar-refractivity contribution in [3.63, 3.8) is 0 Å². The van der Waals surface area contributed by atoms with Gasteiger partial charge in [-0.05, 0) is 25.1 Å². The summed E-state index contributed by atoms with van der Waals surface area (Å²) in [5.74, 6) is -2.56. The second-order valence-electron chi connectivity index (χ2n) is 8.12. The zero-order valence-corrected chi connectivity index (χ0v) is 20.5. The third-order valence-corrected chi connectivity index (χ3v) is 6.92. The van der Waals surface area contributed by atoms with Gasteiger partial charge in [-0.25, -0.2) is 17.1 Å². The molecule has 2 aromatic rings. The molecule has 0 aliphatic heterocycles. The van der Waals surface area contributed by atoms with Crippen LogP contribution in [0.2, 0.25) is 10.0 Å². The highest BCUT2D eigenvalue weighted by Crippen LogP contribution is 2.39. The van der Waals surface area contributed by atoms with Crippen molar-refractivity contribution in [3.05, 3.63) is 50.1 Å². The van der Waals surface area contributed by atoms with Gasteiger partial charge in [-0.3, -0.25) is 9.59 Å². The van der Waals surface area contributed by atoms with Crippen molar-refractivity contribution in [1.29, 1.82) is 0 Å². The van der Waals surface area contributed by atoms with Crippen molar-refractivity contribution < 1.29 is 30.8 Å². The first-order chi connectivity index (χ1) is 14.8. The predicted molar refractivity (Wildman–Crippen MR) is 119 cm³/mol. The first-order valence-electron chi connectivity index (χ1n) is 9.38. The third-order valence-electron chi connectivity index (χ3n) is 4.67. The van der Waals surface area contributed by atoms with E-state index in [9.17, 15) is 35.6 Å². The van der Waals surface area contributed by atoms with Crippen LogP contribution in [0, 0.1) is 11.2 Å². The fraction of sp³-hybridized carbons (Fsp3) is 0.400. The maximum absolute atomic E-state index is 14.9. The number of halogens is 6. The van der Waals surface area contributed by atoms with Gasteiger partial charge in [-0.15, -0.1) is 0 Å². The molecule has 0 unspecified atom stereocenters. The van der Waals surface area contributed by atoms with Crippen molar-refractivity contribution in [2.24, 2.45) is 12.5 Å². The van der Waals surface area contributed by atoms with Crippen molar-refractivity contribution in [2.75, 3.05) is 10.1 Å². The highest BCUT2D eigenvalue weighted by molar-refractivity contribution is 7.93. The quantitative estimate of drug-likeness (QED) is 0.506. The summed E-state index contributed by atoms with van der Waals surface area (Å²) in [5.41, 5.74) is -5.59. The van der Waals surface area contributed by atoms with E-state index in [1.54, 1.807) is 0 Å². The molecular formula is C20H20Cl2F4N2O4S. The molecule has 2 rings (SSSR count). The van der Waals surface area contributed by atoms with Crippen LogP contribution < -0.4 is 9.86 Å². The van der Waals surface area contributed by atoms with Crippen LogP contribution in [0.15, 0.2) is 23.0 Å². The SMILES string of the molecule is CCS(=O)(=O)N(C(=O)C(C)(C)C)c1cc(-c2c(Cl)cc(C(F)(F)F)n(C)c2=O)c(F)cc1Cl. The van der Waals surface area contributed by atoms with Crippen LogP contribution in [0.25, 0.3) is 11.1 Å². The number of carbonyl (C=O) groups excluding carboxylic acids is 1. The molecule has 33 heavy (non-hydrogen) atoms. The minimum Gasteiger partial charge on any atom is -0.307 e. The number of rotatable bonds is 4. The second kappa shape index (κ2) is 8.92. The molecule has 0 aliphatic carbocycles. The topological polar surface area (TPSA) is 76.5 Å². The second-order valence-corrected chi connectivity index (χ2v) is 11.0. The van der Waals surface area contributed by atoms with Crippen LogP contribution in [0.5, 0.6) is 0 Å². The number of pyridine rings is 1. The van der Waals surface area contributed by atoms with E-state index in [-0.39, 0.29) is 4.57 Å². The van der Waals surface area contributed by atoms with E-state index in [0.29, 0.717) is 16.4 Å². The number of sulfonamides is 1. The van der Waals surface area contributed by atoms with Crippen LogP contribution in [0.1, 0.15) is 33.4 Å². The van der Waals surface area contributed by atoms with Gasteiger partial charge in [0.15, 0.2) is 0 Å². The Morgan fingerprint density at radius 3 is 2.09 bits per heavy atom. The summed E-state index contributed by atoms with van der Waals surface area (Å²) in [6.07, 6.45) is -4.91. The maximum atomic E-state index is 14.9. The van der Waals surface area contributed by atoms with Gasteiger partial charge in [-0.2, -0.15) is 13.2 Å². The summed E-state index contributed by atoms with van der Waals surface area (Å²) < 4.78 is 80.6. The zero-order valence-electron chi connectivity index (χ0n) is 18.1. The summed E-state index contributed by atoms with van der Waals surface area (Å²) in [7, 11) is -3.44. The van der Waals surface area contributed by atoms with Gasteiger partial charge in [0.2, 0.25) is 15.9 Å². The highest BCUT2D eigenvalue weighted by Gasteiger charge is 2.38. The Kier molecular flexibility index (Phi) is 7.33.